The Morgan fingerprint density at radius 3 is 2.21 bits per heavy atom. The Kier molecular flexibility index (Phi) is 6.77. The summed E-state index contributed by atoms with van der Waals surface area (Å²) >= 11 is 0. The maximum Gasteiger partial charge on any atom is 0.278 e. The summed E-state index contributed by atoms with van der Waals surface area (Å²) in [5.41, 5.74) is 2.92. The van der Waals surface area contributed by atoms with E-state index in [4.69, 9.17) is 0 Å². The fourth-order valence-corrected chi connectivity index (χ4v) is 4.02. The lowest BCUT2D eigenvalue weighted by Gasteiger charge is -2.25. The summed E-state index contributed by atoms with van der Waals surface area (Å²) in [6.45, 7) is 3.14. The number of carbonyl (C=O) groups is 2. The molecule has 0 aliphatic carbocycles. The highest BCUT2D eigenvalue weighted by atomic mass is 16.6. The maximum atomic E-state index is 13.6. The van der Waals surface area contributed by atoms with Crippen LogP contribution in [0.4, 0.5) is 5.69 Å². The van der Waals surface area contributed by atoms with Crippen LogP contribution in [0.2, 0.25) is 0 Å². The second-order valence-electron chi connectivity index (χ2n) is 7.89. The van der Waals surface area contributed by atoms with Crippen molar-refractivity contribution in [3.8, 4) is 0 Å². The van der Waals surface area contributed by atoms with Crippen molar-refractivity contribution in [2.24, 2.45) is 0 Å². The molecule has 0 unspecified atom stereocenters. The number of imide groups is 1. The molecule has 0 N–H and O–H groups in total. The molecule has 0 atom stereocenters. The van der Waals surface area contributed by atoms with Crippen LogP contribution in [-0.4, -0.2) is 44.6 Å². The first-order chi connectivity index (χ1) is 16.5. The summed E-state index contributed by atoms with van der Waals surface area (Å²) in [4.78, 5) is 44.9. The lowest BCUT2D eigenvalue weighted by atomic mass is 10.0. The summed E-state index contributed by atoms with van der Waals surface area (Å²) in [6.07, 6.45) is 4.12. The first-order valence-corrected chi connectivity index (χ1v) is 11.0. The summed E-state index contributed by atoms with van der Waals surface area (Å²) < 4.78 is 0. The van der Waals surface area contributed by atoms with E-state index < -0.39 is 10.8 Å². The fourth-order valence-electron chi connectivity index (χ4n) is 4.02. The van der Waals surface area contributed by atoms with Crippen molar-refractivity contribution < 1.29 is 14.5 Å². The van der Waals surface area contributed by atoms with Crippen LogP contribution in [0.3, 0.4) is 0 Å². The zero-order valence-corrected chi connectivity index (χ0v) is 18.8. The van der Waals surface area contributed by atoms with Gasteiger partial charge >= 0.3 is 0 Å². The van der Waals surface area contributed by atoms with E-state index in [1.165, 1.54) is 29.2 Å². The second-order valence-corrected chi connectivity index (χ2v) is 7.89. The Hall–Kier alpha value is -4.33. The number of nitrogens with zero attached hydrogens (tertiary/aromatic N) is 4. The lowest BCUT2D eigenvalue weighted by Crippen LogP contribution is -2.35. The molecule has 4 rings (SSSR count). The van der Waals surface area contributed by atoms with Crippen LogP contribution in [-0.2, 0) is 22.6 Å². The quantitative estimate of drug-likeness (QED) is 0.276. The van der Waals surface area contributed by atoms with Crippen LogP contribution in [0.25, 0.3) is 5.57 Å². The molecule has 2 amide bonds. The molecule has 8 heteroatoms. The van der Waals surface area contributed by atoms with Crippen molar-refractivity contribution in [1.82, 2.24) is 14.8 Å². The molecule has 0 spiro atoms. The molecular formula is C26H24N4O4. The smallest absolute Gasteiger partial charge is 0.278 e. The van der Waals surface area contributed by atoms with Crippen LogP contribution in [0.15, 0.2) is 84.8 Å². The van der Waals surface area contributed by atoms with Crippen molar-refractivity contribution in [1.29, 1.82) is 0 Å². The number of hydrogen-bond donors (Lipinski definition) is 0. The molecule has 0 saturated carbocycles. The Morgan fingerprint density at radius 1 is 0.912 bits per heavy atom. The van der Waals surface area contributed by atoms with Crippen LogP contribution >= 0.6 is 0 Å². The van der Waals surface area contributed by atoms with Gasteiger partial charge in [0.25, 0.3) is 17.5 Å². The van der Waals surface area contributed by atoms with Crippen LogP contribution in [0.1, 0.15) is 23.6 Å². The van der Waals surface area contributed by atoms with E-state index in [2.05, 4.69) is 4.98 Å². The van der Waals surface area contributed by atoms with E-state index >= 15 is 0 Å². The van der Waals surface area contributed by atoms with Crippen molar-refractivity contribution in [3.63, 3.8) is 0 Å². The number of aromatic nitrogens is 1. The Labute approximate surface area is 197 Å². The van der Waals surface area contributed by atoms with Crippen molar-refractivity contribution in [2.45, 2.75) is 19.9 Å². The topological polar surface area (TPSA) is 96.7 Å². The number of carbonyl (C=O) groups excluding carboxylic acids is 2. The molecule has 1 aliphatic heterocycles. The van der Waals surface area contributed by atoms with Gasteiger partial charge in [-0.2, -0.15) is 0 Å². The third-order valence-corrected chi connectivity index (χ3v) is 5.81. The van der Waals surface area contributed by atoms with Gasteiger partial charge in [0, 0.05) is 37.6 Å². The predicted octanol–water partition coefficient (Wildman–Crippen LogP) is 3.83. The Morgan fingerprint density at radius 2 is 1.59 bits per heavy atom. The Balaban J connectivity index is 1.71. The Bertz CT molecular complexity index is 1220. The zero-order chi connectivity index (χ0) is 24.1. The molecule has 172 valence electrons. The molecule has 0 bridgehead atoms. The van der Waals surface area contributed by atoms with Crippen LogP contribution in [0, 0.1) is 10.1 Å². The van der Waals surface area contributed by atoms with Crippen molar-refractivity contribution >= 4 is 23.1 Å². The second kappa shape index (κ2) is 10.1. The van der Waals surface area contributed by atoms with Gasteiger partial charge in [-0.1, -0.05) is 30.3 Å². The molecule has 34 heavy (non-hydrogen) atoms. The molecule has 1 aliphatic rings. The summed E-state index contributed by atoms with van der Waals surface area (Å²) in [5, 5.41) is 11.1. The van der Waals surface area contributed by atoms with E-state index in [0.29, 0.717) is 30.8 Å². The highest BCUT2D eigenvalue weighted by molar-refractivity contribution is 6.35. The number of nitro benzene ring substituents is 1. The van der Waals surface area contributed by atoms with Gasteiger partial charge in [0.05, 0.1) is 17.0 Å². The highest BCUT2D eigenvalue weighted by Crippen LogP contribution is 2.33. The van der Waals surface area contributed by atoms with Crippen molar-refractivity contribution in [3.05, 3.63) is 112 Å². The summed E-state index contributed by atoms with van der Waals surface area (Å²) in [5.74, 6) is -0.765. The molecule has 1 aromatic heterocycles. The van der Waals surface area contributed by atoms with E-state index in [1.54, 1.807) is 12.4 Å². The lowest BCUT2D eigenvalue weighted by molar-refractivity contribution is -0.384. The van der Waals surface area contributed by atoms with Gasteiger partial charge in [0.15, 0.2) is 0 Å². The number of likely N-dealkylation sites (N-methyl/N-ethyl adjacent to an activating group) is 1. The highest BCUT2D eigenvalue weighted by Gasteiger charge is 2.41. The molecule has 0 fully saturated rings. The van der Waals surface area contributed by atoms with E-state index in [9.17, 15) is 19.7 Å². The molecule has 3 aromatic rings. The number of benzene rings is 2. The third kappa shape index (κ3) is 4.71. The minimum Gasteiger partial charge on any atom is -0.366 e. The fraction of sp³-hybridized carbons (Fsp3) is 0.192. The van der Waals surface area contributed by atoms with Gasteiger partial charge in [-0.3, -0.25) is 29.6 Å². The first-order valence-electron chi connectivity index (χ1n) is 11.0. The SMILES string of the molecule is CCN(CCc1ccncc1)C1=C(c2ccc([N+](=O)[O-])cc2)C(=O)N(Cc2ccccc2)C1=O. The molecule has 8 nitrogen and oxygen atoms in total. The number of amides is 2. The normalized spacial score (nSPS) is 13.5. The summed E-state index contributed by atoms with van der Waals surface area (Å²) in [6, 6.07) is 18.9. The molecular weight excluding hydrogens is 432 g/mol. The number of pyridine rings is 1. The van der Waals surface area contributed by atoms with Crippen molar-refractivity contribution in [2.75, 3.05) is 13.1 Å². The third-order valence-electron chi connectivity index (χ3n) is 5.81. The van der Waals surface area contributed by atoms with Gasteiger partial charge in [0.1, 0.15) is 5.70 Å². The van der Waals surface area contributed by atoms with Gasteiger partial charge in [-0.15, -0.1) is 0 Å². The molecule has 0 radical (unpaired) electrons. The van der Waals surface area contributed by atoms with Gasteiger partial charge < -0.3 is 4.90 Å². The average Bonchev–Trinajstić information content (AvgIpc) is 3.10. The predicted molar refractivity (Wildman–Crippen MR) is 127 cm³/mol. The molecule has 0 saturated heterocycles. The number of hydrogen-bond acceptors (Lipinski definition) is 6. The van der Waals surface area contributed by atoms with E-state index in [0.717, 1.165) is 11.1 Å². The number of nitro groups is 1. The monoisotopic (exact) mass is 456 g/mol. The molecule has 2 heterocycles. The standard InChI is InChI=1S/C26H24N4O4/c1-2-28(17-14-19-12-15-27-16-13-19)24-23(21-8-10-22(11-9-21)30(33)34)25(31)29(26(24)32)18-20-6-4-3-5-7-20/h3-13,15-16H,2,14,17-18H2,1H3. The average molecular weight is 457 g/mol. The van der Waals surface area contributed by atoms with E-state index in [-0.39, 0.29) is 23.7 Å². The van der Waals surface area contributed by atoms with Gasteiger partial charge in [-0.05, 0) is 54.3 Å². The maximum absolute atomic E-state index is 13.6. The minimum absolute atomic E-state index is 0.0751. The van der Waals surface area contributed by atoms with Gasteiger partial charge in [-0.25, -0.2) is 0 Å². The van der Waals surface area contributed by atoms with Gasteiger partial charge in [0.2, 0.25) is 0 Å². The van der Waals surface area contributed by atoms with Crippen LogP contribution < -0.4 is 0 Å². The number of rotatable bonds is 9. The summed E-state index contributed by atoms with van der Waals surface area (Å²) in [7, 11) is 0. The van der Waals surface area contributed by atoms with Crippen LogP contribution in [0.5, 0.6) is 0 Å². The zero-order valence-electron chi connectivity index (χ0n) is 18.8. The number of non-ortho nitro benzene ring substituents is 1. The molecule has 2 aromatic carbocycles. The largest absolute Gasteiger partial charge is 0.366 e. The van der Waals surface area contributed by atoms with E-state index in [1.807, 2.05) is 54.3 Å². The minimum atomic E-state index is -0.491. The first kappa shape index (κ1) is 22.8.